The van der Waals surface area contributed by atoms with Gasteiger partial charge in [0.05, 0.1) is 4.92 Å². The Morgan fingerprint density at radius 2 is 1.83 bits per heavy atom. The van der Waals surface area contributed by atoms with Gasteiger partial charge in [-0.2, -0.15) is 0 Å². The summed E-state index contributed by atoms with van der Waals surface area (Å²) >= 11 is 2.29. The number of hydrogen-bond donors (Lipinski definition) is 0. The van der Waals surface area contributed by atoms with Crippen molar-refractivity contribution >= 4 is 28.3 Å². The first-order chi connectivity index (χ1) is 5.72. The van der Waals surface area contributed by atoms with Crippen molar-refractivity contribution < 1.29 is 4.92 Å². The van der Waals surface area contributed by atoms with E-state index in [1.54, 1.807) is 18.2 Å². The smallest absolute Gasteiger partial charge is 0.258 e. The second-order valence-corrected chi connectivity index (χ2v) is 3.39. The predicted octanol–water partition coefficient (Wildman–Crippen LogP) is 3.04. The van der Waals surface area contributed by atoms with Gasteiger partial charge in [-0.1, -0.05) is 47.7 Å². The lowest BCUT2D eigenvalue weighted by Crippen LogP contribution is -1.84. The molecular weight excluding hydrogens is 269 g/mol. The first-order valence-electron chi connectivity index (χ1n) is 3.47. The molecule has 0 radical (unpaired) electrons. The highest BCUT2D eigenvalue weighted by Crippen LogP contribution is 2.06. The molecule has 0 aromatic heterocycles. The molecule has 0 saturated carbocycles. The Morgan fingerprint density at radius 1 is 1.42 bits per heavy atom. The normalized spacial score (nSPS) is 8.17. The molecule has 4 heteroatoms. The van der Waals surface area contributed by atoms with Crippen LogP contribution in [0.25, 0.3) is 0 Å². The molecule has 0 saturated heterocycles. The molecule has 0 aliphatic carbocycles. The second-order valence-electron chi connectivity index (χ2n) is 1.86. The molecule has 66 valence electrons. The van der Waals surface area contributed by atoms with Gasteiger partial charge < -0.3 is 0 Å². The molecule has 1 rings (SSSR count). The Hall–Kier alpha value is -0.650. The van der Waals surface area contributed by atoms with Gasteiger partial charge in [0, 0.05) is 12.1 Å². The molecule has 0 heterocycles. The Bertz CT molecular complexity index is 226. The number of para-hydroxylation sites is 1. The van der Waals surface area contributed by atoms with Crippen LogP contribution in [0.15, 0.2) is 30.3 Å². The van der Waals surface area contributed by atoms with E-state index in [1.807, 2.05) is 0 Å². The third-order valence-corrected chi connectivity index (χ3v) is 0.967. The van der Waals surface area contributed by atoms with E-state index in [9.17, 15) is 10.1 Å². The summed E-state index contributed by atoms with van der Waals surface area (Å²) in [7, 11) is 0. The summed E-state index contributed by atoms with van der Waals surface area (Å²) in [6.45, 7) is 2.11. The number of non-ortho nitro benzene ring substituents is 1. The van der Waals surface area contributed by atoms with Crippen LogP contribution in [0.1, 0.15) is 6.92 Å². The van der Waals surface area contributed by atoms with Gasteiger partial charge in [0.1, 0.15) is 0 Å². The number of nitro benzene ring substituents is 1. The topological polar surface area (TPSA) is 43.1 Å². The zero-order valence-corrected chi connectivity index (χ0v) is 8.89. The lowest BCUT2D eigenvalue weighted by molar-refractivity contribution is -0.384. The van der Waals surface area contributed by atoms with E-state index in [-0.39, 0.29) is 5.69 Å². The second kappa shape index (κ2) is 7.02. The van der Waals surface area contributed by atoms with E-state index < -0.39 is 4.92 Å². The largest absolute Gasteiger partial charge is 0.269 e. The van der Waals surface area contributed by atoms with Crippen molar-refractivity contribution in [1.82, 2.24) is 0 Å². The van der Waals surface area contributed by atoms with Crippen LogP contribution in [0.3, 0.4) is 0 Å². The van der Waals surface area contributed by atoms with Gasteiger partial charge >= 0.3 is 0 Å². The summed E-state index contributed by atoms with van der Waals surface area (Å²) in [6.07, 6.45) is 0. The third kappa shape index (κ3) is 5.06. The van der Waals surface area contributed by atoms with Crippen LogP contribution in [0.2, 0.25) is 0 Å². The van der Waals surface area contributed by atoms with Crippen molar-refractivity contribution in [2.45, 2.75) is 6.92 Å². The van der Waals surface area contributed by atoms with Gasteiger partial charge in [-0.25, -0.2) is 0 Å². The molecule has 1 aromatic carbocycles. The monoisotopic (exact) mass is 279 g/mol. The minimum Gasteiger partial charge on any atom is -0.258 e. The average molecular weight is 279 g/mol. The standard InChI is InChI=1S/C6H5NO2.C2H5I/c8-7(9)6-4-2-1-3-5-6;1-2-3/h1-5H;2H2,1H3. The Kier molecular flexibility index (Phi) is 6.64. The first kappa shape index (κ1) is 11.4. The van der Waals surface area contributed by atoms with Gasteiger partial charge in [-0.05, 0) is 4.43 Å². The Morgan fingerprint density at radius 3 is 2.08 bits per heavy atom. The highest BCUT2D eigenvalue weighted by molar-refractivity contribution is 14.1. The number of alkyl halides is 1. The van der Waals surface area contributed by atoms with E-state index in [4.69, 9.17) is 0 Å². The fraction of sp³-hybridized carbons (Fsp3) is 0.250. The van der Waals surface area contributed by atoms with Crippen molar-refractivity contribution in [2.75, 3.05) is 4.43 Å². The Labute approximate surface area is 85.1 Å². The van der Waals surface area contributed by atoms with E-state index >= 15 is 0 Å². The number of rotatable bonds is 1. The Balaban J connectivity index is 0.000000354. The predicted molar refractivity (Wildman–Crippen MR) is 57.7 cm³/mol. The summed E-state index contributed by atoms with van der Waals surface area (Å²) in [5.41, 5.74) is 0.137. The molecule has 1 aromatic rings. The molecule has 0 spiro atoms. The van der Waals surface area contributed by atoms with E-state index in [2.05, 4.69) is 29.5 Å². The van der Waals surface area contributed by atoms with Crippen LogP contribution in [0.5, 0.6) is 0 Å². The van der Waals surface area contributed by atoms with Crippen LogP contribution in [-0.4, -0.2) is 9.35 Å². The molecule has 0 N–H and O–H groups in total. The molecule has 0 bridgehead atoms. The maximum Gasteiger partial charge on any atom is 0.269 e. The van der Waals surface area contributed by atoms with Crippen LogP contribution >= 0.6 is 22.6 Å². The van der Waals surface area contributed by atoms with Crippen molar-refractivity contribution in [2.24, 2.45) is 0 Å². The van der Waals surface area contributed by atoms with E-state index in [0.29, 0.717) is 0 Å². The molecular formula is C8H10INO2. The third-order valence-electron chi connectivity index (χ3n) is 0.967. The number of hydrogen-bond acceptors (Lipinski definition) is 2. The van der Waals surface area contributed by atoms with Crippen molar-refractivity contribution in [3.63, 3.8) is 0 Å². The molecule has 0 aliphatic heterocycles. The molecule has 0 atom stereocenters. The summed E-state index contributed by atoms with van der Waals surface area (Å²) in [5.74, 6) is 0. The van der Waals surface area contributed by atoms with Gasteiger partial charge in [0.2, 0.25) is 0 Å². The summed E-state index contributed by atoms with van der Waals surface area (Å²) in [6, 6.07) is 7.93. The summed E-state index contributed by atoms with van der Waals surface area (Å²) in [4.78, 5) is 9.59. The number of halogens is 1. The minimum absolute atomic E-state index is 0.137. The zero-order valence-electron chi connectivity index (χ0n) is 6.74. The van der Waals surface area contributed by atoms with Crippen molar-refractivity contribution in [3.8, 4) is 0 Å². The molecule has 0 aliphatic rings. The van der Waals surface area contributed by atoms with E-state index in [1.165, 1.54) is 16.6 Å². The average Bonchev–Trinajstić information content (AvgIpc) is 2.07. The van der Waals surface area contributed by atoms with E-state index in [0.717, 1.165) is 0 Å². The molecule has 0 unspecified atom stereocenters. The summed E-state index contributed by atoms with van der Waals surface area (Å²) in [5, 5.41) is 10.0. The fourth-order valence-electron chi connectivity index (χ4n) is 0.550. The maximum absolute atomic E-state index is 10.0. The molecule has 12 heavy (non-hydrogen) atoms. The number of nitro groups is 1. The lowest BCUT2D eigenvalue weighted by atomic mass is 10.3. The van der Waals surface area contributed by atoms with Gasteiger partial charge in [-0.3, -0.25) is 10.1 Å². The lowest BCUT2D eigenvalue weighted by Gasteiger charge is -1.85. The minimum atomic E-state index is -0.417. The zero-order chi connectivity index (χ0) is 9.40. The highest BCUT2D eigenvalue weighted by atomic mass is 127. The maximum atomic E-state index is 10.0. The van der Waals surface area contributed by atoms with Crippen molar-refractivity contribution in [1.29, 1.82) is 0 Å². The SMILES string of the molecule is CCI.O=[N+]([O-])c1ccccc1. The van der Waals surface area contributed by atoms with Gasteiger partial charge in [0.15, 0.2) is 0 Å². The molecule has 3 nitrogen and oxygen atoms in total. The molecule has 0 fully saturated rings. The number of nitrogens with zero attached hydrogens (tertiary/aromatic N) is 1. The van der Waals surface area contributed by atoms with Crippen LogP contribution in [0, 0.1) is 10.1 Å². The van der Waals surface area contributed by atoms with Crippen molar-refractivity contribution in [3.05, 3.63) is 40.4 Å². The first-order valence-corrected chi connectivity index (χ1v) is 5.00. The highest BCUT2D eigenvalue weighted by Gasteiger charge is 1.98. The van der Waals surface area contributed by atoms with Crippen LogP contribution in [-0.2, 0) is 0 Å². The fourth-order valence-corrected chi connectivity index (χ4v) is 0.550. The van der Waals surface area contributed by atoms with Gasteiger partial charge in [0.25, 0.3) is 5.69 Å². The number of benzene rings is 1. The van der Waals surface area contributed by atoms with Crippen LogP contribution < -0.4 is 0 Å². The summed E-state index contributed by atoms with van der Waals surface area (Å²) < 4.78 is 1.22. The molecule has 0 amide bonds. The van der Waals surface area contributed by atoms with Crippen LogP contribution in [0.4, 0.5) is 5.69 Å². The quantitative estimate of drug-likeness (QED) is 0.343. The van der Waals surface area contributed by atoms with Gasteiger partial charge in [-0.15, -0.1) is 0 Å².